The van der Waals surface area contributed by atoms with Crippen molar-refractivity contribution in [2.75, 3.05) is 27.3 Å². The molecule has 1 aliphatic rings. The summed E-state index contributed by atoms with van der Waals surface area (Å²) in [6.45, 7) is 3.45. The fourth-order valence-corrected chi connectivity index (χ4v) is 3.15. The van der Waals surface area contributed by atoms with E-state index in [4.69, 9.17) is 4.74 Å². The second-order valence-corrected chi connectivity index (χ2v) is 5.66. The number of nitrogens with zero attached hydrogens (tertiary/aromatic N) is 1. The van der Waals surface area contributed by atoms with E-state index in [2.05, 4.69) is 5.32 Å². The highest BCUT2D eigenvalue weighted by molar-refractivity contribution is 5.86. The maximum atomic E-state index is 14.0. The molecule has 1 aromatic rings. The number of carbonyl (C=O) groups excluding carboxylic acids is 1. The van der Waals surface area contributed by atoms with E-state index in [-0.39, 0.29) is 11.7 Å². The first-order valence-electron chi connectivity index (χ1n) is 7.24. The van der Waals surface area contributed by atoms with E-state index in [1.165, 1.54) is 6.07 Å². The molecule has 21 heavy (non-hydrogen) atoms. The van der Waals surface area contributed by atoms with Crippen LogP contribution in [-0.4, -0.2) is 43.7 Å². The molecule has 5 heteroatoms. The standard InChI is InChI=1S/C16H23FN2O2/c1-12-5-6-14(17)13(9-12)10-19-8-4-7-16(19,11-21-3)15(20)18-2/h5-6,9H,4,7-8,10-11H2,1-3H3,(H,18,20). The predicted molar refractivity (Wildman–Crippen MR) is 79.5 cm³/mol. The number of carbonyl (C=O) groups is 1. The van der Waals surface area contributed by atoms with Gasteiger partial charge in [-0.25, -0.2) is 4.39 Å². The van der Waals surface area contributed by atoms with Gasteiger partial charge in [-0.05, 0) is 32.4 Å². The largest absolute Gasteiger partial charge is 0.382 e. The molecule has 1 N–H and O–H groups in total. The van der Waals surface area contributed by atoms with Crippen LogP contribution in [0.4, 0.5) is 4.39 Å². The lowest BCUT2D eigenvalue weighted by Crippen LogP contribution is -2.57. The van der Waals surface area contributed by atoms with Gasteiger partial charge in [-0.1, -0.05) is 17.7 Å². The molecule has 0 aliphatic carbocycles. The minimum Gasteiger partial charge on any atom is -0.382 e. The van der Waals surface area contributed by atoms with Gasteiger partial charge in [0.05, 0.1) is 6.61 Å². The topological polar surface area (TPSA) is 41.6 Å². The van der Waals surface area contributed by atoms with Crippen LogP contribution in [-0.2, 0) is 16.1 Å². The van der Waals surface area contributed by atoms with Gasteiger partial charge in [0.25, 0.3) is 0 Å². The van der Waals surface area contributed by atoms with Crippen LogP contribution in [0.25, 0.3) is 0 Å². The normalized spacial score (nSPS) is 22.5. The number of nitrogens with one attached hydrogen (secondary N) is 1. The monoisotopic (exact) mass is 294 g/mol. The Morgan fingerprint density at radius 2 is 2.29 bits per heavy atom. The van der Waals surface area contributed by atoms with Crippen molar-refractivity contribution in [2.45, 2.75) is 31.8 Å². The fraction of sp³-hybridized carbons (Fsp3) is 0.562. The van der Waals surface area contributed by atoms with Crippen molar-refractivity contribution in [1.29, 1.82) is 0 Å². The smallest absolute Gasteiger partial charge is 0.242 e. The molecule has 1 fully saturated rings. The maximum absolute atomic E-state index is 14.0. The summed E-state index contributed by atoms with van der Waals surface area (Å²) >= 11 is 0. The Kier molecular flexibility index (Phi) is 4.96. The lowest BCUT2D eigenvalue weighted by Gasteiger charge is -2.36. The minimum atomic E-state index is -0.695. The SMILES string of the molecule is CNC(=O)C1(COC)CCCN1Cc1cc(C)ccc1F. The van der Waals surface area contributed by atoms with Crippen molar-refractivity contribution in [3.8, 4) is 0 Å². The van der Waals surface area contributed by atoms with Gasteiger partial charge in [0.1, 0.15) is 11.4 Å². The van der Waals surface area contributed by atoms with Crippen LogP contribution < -0.4 is 5.32 Å². The Hall–Kier alpha value is -1.46. The molecule has 116 valence electrons. The number of hydrogen-bond acceptors (Lipinski definition) is 3. The summed E-state index contributed by atoms with van der Waals surface area (Å²) in [5, 5.41) is 2.72. The van der Waals surface area contributed by atoms with Gasteiger partial charge in [-0.3, -0.25) is 9.69 Å². The first-order chi connectivity index (χ1) is 10.0. The van der Waals surface area contributed by atoms with Crippen LogP contribution >= 0.6 is 0 Å². The Morgan fingerprint density at radius 1 is 1.52 bits per heavy atom. The molecule has 1 aliphatic heterocycles. The zero-order valence-corrected chi connectivity index (χ0v) is 12.9. The van der Waals surface area contributed by atoms with Crippen LogP contribution in [0.5, 0.6) is 0 Å². The van der Waals surface area contributed by atoms with Gasteiger partial charge >= 0.3 is 0 Å². The number of amides is 1. The van der Waals surface area contributed by atoms with Gasteiger partial charge in [0.15, 0.2) is 0 Å². The second kappa shape index (κ2) is 6.54. The van der Waals surface area contributed by atoms with E-state index in [0.717, 1.165) is 24.9 Å². The van der Waals surface area contributed by atoms with Gasteiger partial charge in [0, 0.05) is 26.3 Å². The zero-order chi connectivity index (χ0) is 15.5. The zero-order valence-electron chi connectivity index (χ0n) is 12.9. The van der Waals surface area contributed by atoms with Crippen molar-refractivity contribution >= 4 is 5.91 Å². The molecule has 0 aromatic heterocycles. The van der Waals surface area contributed by atoms with E-state index in [1.54, 1.807) is 20.2 Å². The van der Waals surface area contributed by atoms with Crippen LogP contribution in [0.15, 0.2) is 18.2 Å². The summed E-state index contributed by atoms with van der Waals surface area (Å²) in [6, 6.07) is 5.08. The Bertz CT molecular complexity index is 521. The van der Waals surface area contributed by atoms with Crippen molar-refractivity contribution in [2.24, 2.45) is 0 Å². The van der Waals surface area contributed by atoms with E-state index < -0.39 is 5.54 Å². The third-order valence-electron chi connectivity index (χ3n) is 4.22. The molecule has 4 nitrogen and oxygen atoms in total. The molecule has 1 saturated heterocycles. The average molecular weight is 294 g/mol. The highest BCUT2D eigenvalue weighted by atomic mass is 19.1. The maximum Gasteiger partial charge on any atom is 0.242 e. The number of ether oxygens (including phenoxy) is 1. The van der Waals surface area contributed by atoms with Gasteiger partial charge in [0.2, 0.25) is 5.91 Å². The predicted octanol–water partition coefficient (Wildman–Crippen LogP) is 1.86. The quantitative estimate of drug-likeness (QED) is 0.901. The van der Waals surface area contributed by atoms with Gasteiger partial charge in [-0.15, -0.1) is 0 Å². The molecule has 1 heterocycles. The van der Waals surface area contributed by atoms with Crippen LogP contribution in [0.1, 0.15) is 24.0 Å². The molecule has 1 amide bonds. The van der Waals surface area contributed by atoms with Crippen LogP contribution in [0.2, 0.25) is 0 Å². The highest BCUT2D eigenvalue weighted by Gasteiger charge is 2.47. The number of likely N-dealkylation sites (tertiary alicyclic amines) is 1. The van der Waals surface area contributed by atoms with Crippen molar-refractivity contribution in [3.63, 3.8) is 0 Å². The summed E-state index contributed by atoms with van der Waals surface area (Å²) < 4.78 is 19.3. The molecular weight excluding hydrogens is 271 g/mol. The van der Waals surface area contributed by atoms with E-state index in [1.807, 2.05) is 17.9 Å². The number of rotatable bonds is 5. The van der Waals surface area contributed by atoms with Crippen molar-refractivity contribution in [3.05, 3.63) is 35.1 Å². The fourth-order valence-electron chi connectivity index (χ4n) is 3.15. The lowest BCUT2D eigenvalue weighted by molar-refractivity contribution is -0.135. The van der Waals surface area contributed by atoms with Crippen molar-refractivity contribution < 1.29 is 13.9 Å². The number of methoxy groups -OCH3 is 1. The van der Waals surface area contributed by atoms with E-state index >= 15 is 0 Å². The third kappa shape index (κ3) is 3.09. The number of hydrogen-bond donors (Lipinski definition) is 1. The summed E-state index contributed by atoms with van der Waals surface area (Å²) in [4.78, 5) is 14.4. The first kappa shape index (κ1) is 15.9. The molecule has 0 saturated carbocycles. The number of benzene rings is 1. The molecule has 2 rings (SSSR count). The number of aryl methyl sites for hydroxylation is 1. The van der Waals surface area contributed by atoms with E-state index in [9.17, 15) is 9.18 Å². The van der Waals surface area contributed by atoms with Crippen molar-refractivity contribution in [1.82, 2.24) is 10.2 Å². The summed E-state index contributed by atoms with van der Waals surface area (Å²) in [6.07, 6.45) is 1.64. The average Bonchev–Trinajstić information content (AvgIpc) is 2.86. The summed E-state index contributed by atoms with van der Waals surface area (Å²) in [7, 11) is 3.22. The Labute approximate surface area is 125 Å². The Balaban J connectivity index is 2.28. The molecular formula is C16H23FN2O2. The number of likely N-dealkylation sites (N-methyl/N-ethyl adjacent to an activating group) is 1. The minimum absolute atomic E-state index is 0.0603. The molecule has 1 atom stereocenters. The third-order valence-corrected chi connectivity index (χ3v) is 4.22. The summed E-state index contributed by atoms with van der Waals surface area (Å²) in [5.41, 5.74) is 0.948. The molecule has 1 unspecified atom stereocenters. The molecule has 0 radical (unpaired) electrons. The lowest BCUT2D eigenvalue weighted by atomic mass is 9.95. The van der Waals surface area contributed by atoms with Crippen LogP contribution in [0, 0.1) is 12.7 Å². The molecule has 0 spiro atoms. The van der Waals surface area contributed by atoms with E-state index in [0.29, 0.717) is 18.7 Å². The molecule has 1 aromatic carbocycles. The first-order valence-corrected chi connectivity index (χ1v) is 7.24. The Morgan fingerprint density at radius 3 is 2.95 bits per heavy atom. The van der Waals surface area contributed by atoms with Gasteiger partial charge in [-0.2, -0.15) is 0 Å². The second-order valence-electron chi connectivity index (χ2n) is 5.66. The summed E-state index contributed by atoms with van der Waals surface area (Å²) in [5.74, 6) is -0.286. The van der Waals surface area contributed by atoms with Gasteiger partial charge < -0.3 is 10.1 Å². The highest BCUT2D eigenvalue weighted by Crippen LogP contribution is 2.32. The number of halogens is 1. The molecule has 0 bridgehead atoms. The van der Waals surface area contributed by atoms with Crippen LogP contribution in [0.3, 0.4) is 0 Å².